The van der Waals surface area contributed by atoms with Gasteiger partial charge in [-0.25, -0.2) is 4.39 Å². The number of carbonyl (C=O) groups excluding carboxylic acids is 1. The highest BCUT2D eigenvalue weighted by atomic mass is 19.1. The van der Waals surface area contributed by atoms with E-state index in [1.54, 1.807) is 17.0 Å². The van der Waals surface area contributed by atoms with Crippen molar-refractivity contribution >= 4 is 11.6 Å². The van der Waals surface area contributed by atoms with Crippen molar-refractivity contribution in [1.29, 1.82) is 0 Å². The first-order chi connectivity index (χ1) is 8.63. The molecule has 1 atom stereocenters. The van der Waals surface area contributed by atoms with E-state index in [0.717, 1.165) is 0 Å². The number of likely N-dealkylation sites (tertiary alicyclic amines) is 1. The van der Waals surface area contributed by atoms with E-state index in [1.807, 2.05) is 6.92 Å². The van der Waals surface area contributed by atoms with Gasteiger partial charge < -0.3 is 10.1 Å². The Morgan fingerprint density at radius 1 is 1.50 bits per heavy atom. The van der Waals surface area contributed by atoms with E-state index in [4.69, 9.17) is 5.21 Å². The minimum absolute atomic E-state index is 0.000488. The van der Waals surface area contributed by atoms with Gasteiger partial charge in [0.25, 0.3) is 5.91 Å². The lowest BCUT2D eigenvalue weighted by atomic mass is 9.97. The fourth-order valence-electron chi connectivity index (χ4n) is 2.16. The third kappa shape index (κ3) is 2.34. The highest BCUT2D eigenvalue weighted by Gasteiger charge is 2.27. The third-order valence-electron chi connectivity index (χ3n) is 3.22. The summed E-state index contributed by atoms with van der Waals surface area (Å²) in [6, 6.07) is 5.96. The lowest BCUT2D eigenvalue weighted by Crippen LogP contribution is -2.43. The second-order valence-corrected chi connectivity index (χ2v) is 4.47. The minimum Gasteiger partial charge on any atom is -0.411 e. The summed E-state index contributed by atoms with van der Waals surface area (Å²) >= 11 is 0. The Labute approximate surface area is 105 Å². The molecule has 0 saturated carbocycles. The van der Waals surface area contributed by atoms with Gasteiger partial charge in [0.15, 0.2) is 0 Å². The molecule has 1 heterocycles. The van der Waals surface area contributed by atoms with Crippen LogP contribution in [0, 0.1) is 11.7 Å². The highest BCUT2D eigenvalue weighted by Crippen LogP contribution is 2.17. The molecule has 0 aromatic heterocycles. The number of hydrogen-bond acceptors (Lipinski definition) is 3. The molecule has 0 spiro atoms. The molecule has 0 bridgehead atoms. The van der Waals surface area contributed by atoms with E-state index in [1.165, 1.54) is 12.1 Å². The van der Waals surface area contributed by atoms with Gasteiger partial charge in [-0.2, -0.15) is 0 Å². The maximum Gasteiger partial charge on any atom is 0.256 e. The van der Waals surface area contributed by atoms with Crippen molar-refractivity contribution in [3.05, 3.63) is 35.6 Å². The van der Waals surface area contributed by atoms with Crippen LogP contribution in [-0.2, 0) is 0 Å². The maximum atomic E-state index is 13.5. The Kier molecular flexibility index (Phi) is 3.60. The first kappa shape index (κ1) is 12.5. The minimum atomic E-state index is -0.503. The quantitative estimate of drug-likeness (QED) is 0.613. The lowest BCUT2D eigenvalue weighted by molar-refractivity contribution is 0.0729. The van der Waals surface area contributed by atoms with Gasteiger partial charge in [-0.05, 0) is 12.1 Å². The lowest BCUT2D eigenvalue weighted by Gasteiger charge is -2.31. The molecule has 1 aliphatic heterocycles. The largest absolute Gasteiger partial charge is 0.411 e. The highest BCUT2D eigenvalue weighted by molar-refractivity contribution is 5.96. The fraction of sp³-hybridized carbons (Fsp3) is 0.385. The van der Waals surface area contributed by atoms with Gasteiger partial charge in [-0.1, -0.05) is 24.2 Å². The van der Waals surface area contributed by atoms with Crippen molar-refractivity contribution in [2.45, 2.75) is 13.3 Å². The van der Waals surface area contributed by atoms with E-state index >= 15 is 0 Å². The molecule has 0 aliphatic carbocycles. The Balaban J connectivity index is 2.15. The molecule has 0 radical (unpaired) electrons. The Bertz CT molecular complexity index is 488. The Morgan fingerprint density at radius 3 is 2.83 bits per heavy atom. The summed E-state index contributed by atoms with van der Waals surface area (Å²) in [6.07, 6.45) is 0.526. The number of nitrogens with zero attached hydrogens (tertiary/aromatic N) is 2. The molecule has 1 aliphatic rings. The molecule has 1 unspecified atom stereocenters. The van der Waals surface area contributed by atoms with E-state index in [9.17, 15) is 9.18 Å². The zero-order chi connectivity index (χ0) is 13.1. The van der Waals surface area contributed by atoms with Gasteiger partial charge in [0.2, 0.25) is 0 Å². The zero-order valence-corrected chi connectivity index (χ0v) is 10.1. The smallest absolute Gasteiger partial charge is 0.256 e. The second-order valence-electron chi connectivity index (χ2n) is 4.47. The molecule has 1 N–H and O–H groups in total. The van der Waals surface area contributed by atoms with E-state index in [-0.39, 0.29) is 17.4 Å². The molecule has 1 aromatic rings. The molecular weight excluding hydrogens is 235 g/mol. The van der Waals surface area contributed by atoms with E-state index < -0.39 is 5.82 Å². The average molecular weight is 250 g/mol. The van der Waals surface area contributed by atoms with Crippen molar-refractivity contribution < 1.29 is 14.4 Å². The van der Waals surface area contributed by atoms with Gasteiger partial charge in [-0.15, -0.1) is 0 Å². The standard InChI is InChI=1S/C13H15FN2O2/c1-9-8-16(7-6-12(9)15-18)13(17)10-4-2-3-5-11(10)14/h2-5,9,18H,6-8H2,1H3/b15-12+. The third-order valence-corrected chi connectivity index (χ3v) is 3.22. The van der Waals surface area contributed by atoms with Crippen LogP contribution in [0.1, 0.15) is 23.7 Å². The second kappa shape index (κ2) is 5.16. The molecule has 2 rings (SSSR count). The van der Waals surface area contributed by atoms with Crippen LogP contribution in [0.15, 0.2) is 29.4 Å². The van der Waals surface area contributed by atoms with E-state index in [0.29, 0.717) is 25.2 Å². The zero-order valence-electron chi connectivity index (χ0n) is 10.1. The maximum absolute atomic E-state index is 13.5. The summed E-state index contributed by atoms with van der Waals surface area (Å²) < 4.78 is 13.5. The normalized spacial score (nSPS) is 22.2. The number of hydrogen-bond donors (Lipinski definition) is 1. The Hall–Kier alpha value is -1.91. The van der Waals surface area contributed by atoms with Crippen molar-refractivity contribution in [1.82, 2.24) is 4.90 Å². The number of benzene rings is 1. The fourth-order valence-corrected chi connectivity index (χ4v) is 2.16. The van der Waals surface area contributed by atoms with Crippen LogP contribution >= 0.6 is 0 Å². The average Bonchev–Trinajstić information content (AvgIpc) is 2.38. The molecule has 18 heavy (non-hydrogen) atoms. The SMILES string of the molecule is CC1CN(C(=O)c2ccccc2F)CC/C1=N\O. The van der Waals surface area contributed by atoms with Gasteiger partial charge in [0, 0.05) is 25.4 Å². The molecule has 1 aromatic carbocycles. The van der Waals surface area contributed by atoms with Crippen molar-refractivity contribution in [2.75, 3.05) is 13.1 Å². The van der Waals surface area contributed by atoms with Gasteiger partial charge in [0.1, 0.15) is 5.82 Å². The Morgan fingerprint density at radius 2 is 2.22 bits per heavy atom. The predicted molar refractivity (Wildman–Crippen MR) is 65.3 cm³/mol. The summed E-state index contributed by atoms with van der Waals surface area (Å²) in [5, 5.41) is 12.0. The van der Waals surface area contributed by atoms with Gasteiger partial charge >= 0.3 is 0 Å². The number of amides is 1. The number of halogens is 1. The molecule has 1 amide bonds. The van der Waals surface area contributed by atoms with Gasteiger partial charge in [0.05, 0.1) is 11.3 Å². The summed E-state index contributed by atoms with van der Waals surface area (Å²) in [5.41, 5.74) is 0.779. The number of carbonyl (C=O) groups is 1. The van der Waals surface area contributed by atoms with Crippen molar-refractivity contribution in [3.8, 4) is 0 Å². The van der Waals surface area contributed by atoms with Crippen LogP contribution in [0.4, 0.5) is 4.39 Å². The molecule has 1 saturated heterocycles. The molecule has 4 nitrogen and oxygen atoms in total. The van der Waals surface area contributed by atoms with Crippen LogP contribution in [0.3, 0.4) is 0 Å². The van der Waals surface area contributed by atoms with Crippen LogP contribution in [0.5, 0.6) is 0 Å². The van der Waals surface area contributed by atoms with Crippen LogP contribution in [-0.4, -0.2) is 34.8 Å². The van der Waals surface area contributed by atoms with Crippen molar-refractivity contribution in [3.63, 3.8) is 0 Å². The van der Waals surface area contributed by atoms with Crippen LogP contribution in [0.25, 0.3) is 0 Å². The number of rotatable bonds is 1. The summed E-state index contributed by atoms with van der Waals surface area (Å²) in [5.74, 6) is -0.812. The monoisotopic (exact) mass is 250 g/mol. The summed E-state index contributed by atoms with van der Waals surface area (Å²) in [7, 11) is 0. The molecular formula is C13H15FN2O2. The topological polar surface area (TPSA) is 52.9 Å². The number of oxime groups is 1. The van der Waals surface area contributed by atoms with Crippen LogP contribution < -0.4 is 0 Å². The van der Waals surface area contributed by atoms with Crippen LogP contribution in [0.2, 0.25) is 0 Å². The predicted octanol–water partition coefficient (Wildman–Crippen LogP) is 2.14. The summed E-state index contributed by atoms with van der Waals surface area (Å²) in [4.78, 5) is 13.7. The van der Waals surface area contributed by atoms with Crippen molar-refractivity contribution in [2.24, 2.45) is 11.1 Å². The molecule has 5 heteroatoms. The first-order valence-electron chi connectivity index (χ1n) is 5.88. The number of piperidine rings is 1. The molecule has 1 fully saturated rings. The van der Waals surface area contributed by atoms with Gasteiger partial charge in [-0.3, -0.25) is 4.79 Å². The summed E-state index contributed by atoms with van der Waals surface area (Å²) in [6.45, 7) is 2.79. The molecule has 96 valence electrons. The first-order valence-corrected chi connectivity index (χ1v) is 5.88. The van der Waals surface area contributed by atoms with E-state index in [2.05, 4.69) is 5.16 Å².